The molecule has 1 aromatic carbocycles. The zero-order valence-corrected chi connectivity index (χ0v) is 19.2. The molecule has 0 aromatic heterocycles. The van der Waals surface area contributed by atoms with Crippen molar-refractivity contribution in [2.45, 2.75) is 70.3 Å². The van der Waals surface area contributed by atoms with Gasteiger partial charge in [-0.05, 0) is 49.3 Å². The third kappa shape index (κ3) is 9.05. The normalized spacial score (nSPS) is 19.5. The van der Waals surface area contributed by atoms with E-state index in [1.165, 1.54) is 38.5 Å². The van der Waals surface area contributed by atoms with E-state index in [9.17, 15) is 9.90 Å². The maximum Gasteiger partial charge on any atom is 0.335 e. The van der Waals surface area contributed by atoms with Crippen LogP contribution in [-0.4, -0.2) is 42.1 Å². The molecule has 178 valence electrons. The lowest BCUT2D eigenvalue weighted by Gasteiger charge is -2.27. The van der Waals surface area contributed by atoms with E-state index in [2.05, 4.69) is 13.5 Å². The number of carbonyl (C=O) groups excluding carboxylic acids is 1. The van der Waals surface area contributed by atoms with E-state index in [-0.39, 0.29) is 30.8 Å². The molecule has 6 heteroatoms. The van der Waals surface area contributed by atoms with Gasteiger partial charge in [-0.2, -0.15) is 0 Å². The van der Waals surface area contributed by atoms with Gasteiger partial charge < -0.3 is 24.4 Å². The van der Waals surface area contributed by atoms with E-state index in [4.69, 9.17) is 19.3 Å². The highest BCUT2D eigenvalue weighted by Gasteiger charge is 2.21. The molecule has 32 heavy (non-hydrogen) atoms. The number of carbonyl (C=O) groups is 1. The number of esters is 1. The predicted octanol–water partition coefficient (Wildman–Crippen LogP) is 4.86. The van der Waals surface area contributed by atoms with Crippen molar-refractivity contribution in [2.24, 2.45) is 5.92 Å². The second-order valence-corrected chi connectivity index (χ2v) is 8.47. The van der Waals surface area contributed by atoms with Gasteiger partial charge in [0.15, 0.2) is 0 Å². The lowest BCUT2D eigenvalue weighted by Crippen LogP contribution is -2.20. The van der Waals surface area contributed by atoms with E-state index < -0.39 is 12.6 Å². The fraction of sp³-hybridized carbons (Fsp3) is 0.577. The summed E-state index contributed by atoms with van der Waals surface area (Å²) in [6.07, 6.45) is 13.5. The number of hydrogen-bond acceptors (Lipinski definition) is 6. The van der Waals surface area contributed by atoms with E-state index in [0.29, 0.717) is 5.75 Å². The predicted molar refractivity (Wildman–Crippen MR) is 124 cm³/mol. The first-order chi connectivity index (χ1) is 15.6. The summed E-state index contributed by atoms with van der Waals surface area (Å²) in [7, 11) is 0. The summed E-state index contributed by atoms with van der Waals surface area (Å²) >= 11 is 0. The molecule has 0 heterocycles. The summed E-state index contributed by atoms with van der Waals surface area (Å²) in [5, 5.41) is 18.5. The highest BCUT2D eigenvalue weighted by molar-refractivity contribution is 5.87. The van der Waals surface area contributed by atoms with Crippen molar-refractivity contribution in [3.63, 3.8) is 0 Å². The van der Waals surface area contributed by atoms with Gasteiger partial charge in [0.05, 0.1) is 24.9 Å². The molecule has 6 nitrogen and oxygen atoms in total. The topological polar surface area (TPSA) is 85.2 Å². The molecule has 0 aliphatic heterocycles. The highest BCUT2D eigenvalue weighted by Crippen LogP contribution is 2.30. The third-order valence-corrected chi connectivity index (χ3v) is 6.01. The van der Waals surface area contributed by atoms with Crippen LogP contribution in [0.4, 0.5) is 0 Å². The molecule has 0 radical (unpaired) electrons. The van der Waals surface area contributed by atoms with Gasteiger partial charge in [-0.3, -0.25) is 0 Å². The Kier molecular flexibility index (Phi) is 11.9. The molecule has 1 saturated carbocycles. The van der Waals surface area contributed by atoms with Crippen LogP contribution in [0.15, 0.2) is 48.9 Å². The fourth-order valence-corrected chi connectivity index (χ4v) is 3.90. The molecule has 1 aliphatic rings. The molecule has 1 atom stereocenters. The summed E-state index contributed by atoms with van der Waals surface area (Å²) < 4.78 is 16.5. The summed E-state index contributed by atoms with van der Waals surface area (Å²) in [6.45, 7) is 5.05. The Hall–Kier alpha value is -2.31. The maximum absolute atomic E-state index is 11.6. The molecule has 0 bridgehead atoms. The fourth-order valence-electron chi connectivity index (χ4n) is 3.90. The first-order valence-electron chi connectivity index (χ1n) is 11.7. The molecule has 1 aliphatic carbocycles. The Balaban J connectivity index is 1.70. The Labute approximate surface area is 191 Å². The van der Waals surface area contributed by atoms with Gasteiger partial charge in [0.25, 0.3) is 0 Å². The summed E-state index contributed by atoms with van der Waals surface area (Å²) in [4.78, 5) is 11.6. The van der Waals surface area contributed by atoms with Crippen molar-refractivity contribution < 1.29 is 29.2 Å². The van der Waals surface area contributed by atoms with Crippen LogP contribution in [0.5, 0.6) is 5.75 Å². The van der Waals surface area contributed by atoms with Gasteiger partial charge in [-0.1, -0.05) is 51.3 Å². The number of aliphatic hydroxyl groups excluding tert-OH is 2. The zero-order chi connectivity index (χ0) is 23.2. The number of ether oxygens (including phenoxy) is 3. The van der Waals surface area contributed by atoms with Crippen molar-refractivity contribution in [3.05, 3.63) is 54.5 Å². The Morgan fingerprint density at radius 2 is 1.84 bits per heavy atom. The Morgan fingerprint density at radius 1 is 1.12 bits per heavy atom. The smallest absolute Gasteiger partial charge is 0.335 e. The summed E-state index contributed by atoms with van der Waals surface area (Å²) in [6, 6.07) is 7.22. The van der Waals surface area contributed by atoms with Crippen LogP contribution in [0.3, 0.4) is 0 Å². The second-order valence-electron chi connectivity index (χ2n) is 8.47. The third-order valence-electron chi connectivity index (χ3n) is 6.01. The van der Waals surface area contributed by atoms with Gasteiger partial charge in [-0.25, -0.2) is 4.79 Å². The van der Waals surface area contributed by atoms with E-state index in [0.717, 1.165) is 24.3 Å². The molecule has 1 fully saturated rings. The van der Waals surface area contributed by atoms with Crippen LogP contribution >= 0.6 is 0 Å². The van der Waals surface area contributed by atoms with Crippen LogP contribution in [-0.2, 0) is 14.3 Å². The second kappa shape index (κ2) is 14.7. The number of unbranched alkanes of at least 4 members (excludes halogenated alkanes) is 2. The molecule has 2 N–H and O–H groups in total. The van der Waals surface area contributed by atoms with E-state index >= 15 is 0 Å². The van der Waals surface area contributed by atoms with Crippen molar-refractivity contribution in [3.8, 4) is 5.75 Å². The minimum atomic E-state index is -0.666. The highest BCUT2D eigenvalue weighted by atomic mass is 16.5. The molecular formula is C26H38O6. The van der Waals surface area contributed by atoms with Crippen LogP contribution < -0.4 is 4.74 Å². The van der Waals surface area contributed by atoms with Gasteiger partial charge in [0, 0.05) is 5.92 Å². The summed E-state index contributed by atoms with van der Waals surface area (Å²) in [5.41, 5.74) is 0.803. The van der Waals surface area contributed by atoms with Crippen molar-refractivity contribution in [2.75, 3.05) is 19.8 Å². The first kappa shape index (κ1) is 25.9. The maximum atomic E-state index is 11.6. The van der Waals surface area contributed by atoms with Crippen molar-refractivity contribution in [1.82, 2.24) is 0 Å². The summed E-state index contributed by atoms with van der Waals surface area (Å²) in [5.74, 6) is 0.479. The molecule has 0 spiro atoms. The standard InChI is InChI=1S/C26H38O6/c1-3-4-5-6-21-7-11-24(12-8-21)30-15-16-31-25-13-9-22(10-14-25)23(18-28)19-32-26(29)20(2)17-27/h9-10,13-16,21,23-24,27-28H,2-8,11-12,17-19H2,1H3/b16-15-. The number of benzene rings is 1. The van der Waals surface area contributed by atoms with Crippen molar-refractivity contribution >= 4 is 5.97 Å². The van der Waals surface area contributed by atoms with Crippen LogP contribution in [0.25, 0.3) is 0 Å². The quantitative estimate of drug-likeness (QED) is 0.184. The lowest BCUT2D eigenvalue weighted by atomic mass is 9.84. The molecule has 1 aromatic rings. The molecule has 0 saturated heterocycles. The zero-order valence-electron chi connectivity index (χ0n) is 19.2. The first-order valence-corrected chi connectivity index (χ1v) is 11.7. The van der Waals surface area contributed by atoms with Gasteiger partial charge in [-0.15, -0.1) is 0 Å². The molecular weight excluding hydrogens is 408 g/mol. The monoisotopic (exact) mass is 446 g/mol. The SMILES string of the molecule is C=C(CO)C(=O)OCC(CO)c1ccc(O/C=C\OC2CCC(CCCCC)CC2)cc1. The molecule has 0 amide bonds. The average molecular weight is 447 g/mol. The lowest BCUT2D eigenvalue weighted by molar-refractivity contribution is -0.140. The van der Waals surface area contributed by atoms with Crippen molar-refractivity contribution in [1.29, 1.82) is 0 Å². The minimum absolute atomic E-state index is 0.00312. The minimum Gasteiger partial charge on any atom is -0.495 e. The van der Waals surface area contributed by atoms with E-state index in [1.807, 2.05) is 12.1 Å². The van der Waals surface area contributed by atoms with Crippen LogP contribution in [0.2, 0.25) is 0 Å². The largest absolute Gasteiger partial charge is 0.495 e. The number of rotatable bonds is 14. The van der Waals surface area contributed by atoms with Crippen LogP contribution in [0.1, 0.15) is 69.8 Å². The average Bonchev–Trinajstić information content (AvgIpc) is 2.83. The van der Waals surface area contributed by atoms with E-state index in [1.54, 1.807) is 24.7 Å². The van der Waals surface area contributed by atoms with Gasteiger partial charge >= 0.3 is 5.97 Å². The van der Waals surface area contributed by atoms with Gasteiger partial charge in [0.2, 0.25) is 0 Å². The number of hydrogen-bond donors (Lipinski definition) is 2. The number of aliphatic hydroxyl groups is 2. The Morgan fingerprint density at radius 3 is 2.47 bits per heavy atom. The van der Waals surface area contributed by atoms with Crippen LogP contribution in [0, 0.1) is 5.92 Å². The molecule has 2 rings (SSSR count). The Bertz CT molecular complexity index is 704. The molecule has 1 unspecified atom stereocenters. The van der Waals surface area contributed by atoms with Gasteiger partial charge in [0.1, 0.15) is 24.9 Å².